The van der Waals surface area contributed by atoms with Crippen molar-refractivity contribution in [2.24, 2.45) is 0 Å². The van der Waals surface area contributed by atoms with Gasteiger partial charge in [-0.05, 0) is 50.2 Å². The number of nitrogens with zero attached hydrogens (tertiary/aromatic N) is 1. The van der Waals surface area contributed by atoms with Gasteiger partial charge < -0.3 is 4.74 Å². The summed E-state index contributed by atoms with van der Waals surface area (Å²) in [6.07, 6.45) is 9.40. The number of rotatable bonds is 9. The molecule has 0 spiro atoms. The lowest BCUT2D eigenvalue weighted by Crippen LogP contribution is -2.41. The molecule has 0 aliphatic heterocycles. The number of hydrogen-bond donors (Lipinski definition) is 1. The largest absolute Gasteiger partial charge is 0.381 e. The lowest BCUT2D eigenvalue weighted by molar-refractivity contribution is -0.120. The standard InChI is InChI=1S/C18H27ClN2O2.C4H8O/c1-3-14-9-5-8-12-17(14)21(18(22)16(19)4-2)13-23-20-15-10-6-7-11-15;1-5-4-2-3-4/h5,8-9,12,15-16,20H,3-4,6-7,10-11,13H2,1-2H3;4H,2-3H2,1H3. The minimum Gasteiger partial charge on any atom is -0.381 e. The molecule has 1 aromatic carbocycles. The number of halogens is 1. The molecule has 1 atom stereocenters. The third kappa shape index (κ3) is 7.36. The fourth-order valence-corrected chi connectivity index (χ4v) is 3.35. The van der Waals surface area contributed by atoms with Crippen LogP contribution in [0.3, 0.4) is 0 Å². The highest BCUT2D eigenvalue weighted by Crippen LogP contribution is 2.24. The second-order valence-electron chi connectivity index (χ2n) is 7.43. The van der Waals surface area contributed by atoms with Crippen LogP contribution in [0.1, 0.15) is 64.4 Å². The molecule has 1 aromatic rings. The van der Waals surface area contributed by atoms with Gasteiger partial charge in [-0.1, -0.05) is 44.9 Å². The van der Waals surface area contributed by atoms with E-state index in [1.54, 1.807) is 12.0 Å². The number of ether oxygens (including phenoxy) is 1. The normalized spacial score (nSPS) is 17.7. The van der Waals surface area contributed by atoms with Crippen molar-refractivity contribution in [3.05, 3.63) is 29.8 Å². The van der Waals surface area contributed by atoms with Gasteiger partial charge in [-0.15, -0.1) is 11.6 Å². The molecule has 2 aliphatic carbocycles. The van der Waals surface area contributed by atoms with Crippen molar-refractivity contribution in [2.75, 3.05) is 18.7 Å². The van der Waals surface area contributed by atoms with Gasteiger partial charge in [0, 0.05) is 18.8 Å². The molecule has 2 saturated carbocycles. The van der Waals surface area contributed by atoms with Crippen molar-refractivity contribution in [1.29, 1.82) is 0 Å². The van der Waals surface area contributed by atoms with Crippen LogP contribution < -0.4 is 10.4 Å². The lowest BCUT2D eigenvalue weighted by atomic mass is 10.1. The van der Waals surface area contributed by atoms with Crippen LogP contribution in [0.2, 0.25) is 0 Å². The molecule has 2 fully saturated rings. The summed E-state index contributed by atoms with van der Waals surface area (Å²) < 4.78 is 4.86. The summed E-state index contributed by atoms with van der Waals surface area (Å²) in [5, 5.41) is -0.532. The molecule has 28 heavy (non-hydrogen) atoms. The molecule has 3 rings (SSSR count). The molecule has 1 N–H and O–H groups in total. The summed E-state index contributed by atoms with van der Waals surface area (Å²) in [7, 11) is 1.76. The van der Waals surface area contributed by atoms with Crippen molar-refractivity contribution in [3.8, 4) is 0 Å². The Labute approximate surface area is 174 Å². The van der Waals surface area contributed by atoms with Crippen molar-refractivity contribution >= 4 is 23.2 Å². The second-order valence-corrected chi connectivity index (χ2v) is 7.96. The predicted molar refractivity (Wildman–Crippen MR) is 115 cm³/mol. The Morgan fingerprint density at radius 2 is 1.89 bits per heavy atom. The first-order chi connectivity index (χ1) is 13.6. The summed E-state index contributed by atoms with van der Waals surface area (Å²) in [4.78, 5) is 20.0. The molecule has 0 radical (unpaired) electrons. The van der Waals surface area contributed by atoms with Gasteiger partial charge in [-0.25, -0.2) is 0 Å². The molecule has 0 heterocycles. The molecule has 0 saturated heterocycles. The van der Waals surface area contributed by atoms with Crippen molar-refractivity contribution in [2.45, 2.75) is 82.7 Å². The lowest BCUT2D eigenvalue weighted by Gasteiger charge is -2.27. The number of benzene rings is 1. The molecule has 1 amide bonds. The Morgan fingerprint density at radius 1 is 1.21 bits per heavy atom. The Hall–Kier alpha value is -1.14. The number of hydroxylamine groups is 1. The number of alkyl halides is 1. The summed E-state index contributed by atoms with van der Waals surface area (Å²) >= 11 is 6.19. The van der Waals surface area contributed by atoms with Crippen LogP contribution in [-0.4, -0.2) is 37.3 Å². The number of amides is 1. The Kier molecular flexibility index (Phi) is 10.3. The second kappa shape index (κ2) is 12.4. The van der Waals surface area contributed by atoms with Crippen LogP contribution >= 0.6 is 11.6 Å². The maximum Gasteiger partial charge on any atom is 0.246 e. The predicted octanol–water partition coefficient (Wildman–Crippen LogP) is 4.82. The summed E-state index contributed by atoms with van der Waals surface area (Å²) in [5.74, 6) is -0.108. The van der Waals surface area contributed by atoms with Gasteiger partial charge in [0.1, 0.15) is 12.1 Å². The number of methoxy groups -OCH3 is 1. The summed E-state index contributed by atoms with van der Waals surface area (Å²) in [5.41, 5.74) is 5.09. The van der Waals surface area contributed by atoms with E-state index in [2.05, 4.69) is 12.4 Å². The van der Waals surface area contributed by atoms with Gasteiger partial charge in [-0.3, -0.25) is 14.5 Å². The van der Waals surface area contributed by atoms with Crippen LogP contribution in [0.15, 0.2) is 24.3 Å². The van der Waals surface area contributed by atoms with Gasteiger partial charge >= 0.3 is 0 Å². The van der Waals surface area contributed by atoms with E-state index in [1.807, 2.05) is 31.2 Å². The molecular weight excluding hydrogens is 376 g/mol. The first kappa shape index (κ1) is 23.1. The number of nitrogens with one attached hydrogen (secondary N) is 1. The van der Waals surface area contributed by atoms with Crippen LogP contribution in [0, 0.1) is 0 Å². The Balaban J connectivity index is 0.000000485. The van der Waals surface area contributed by atoms with E-state index in [1.165, 1.54) is 25.7 Å². The number of carbonyl (C=O) groups is 1. The highest BCUT2D eigenvalue weighted by molar-refractivity contribution is 6.32. The van der Waals surface area contributed by atoms with E-state index in [-0.39, 0.29) is 12.6 Å². The molecule has 6 heteroatoms. The van der Waals surface area contributed by atoms with Gasteiger partial charge in [0.2, 0.25) is 5.91 Å². The zero-order valence-electron chi connectivity index (χ0n) is 17.5. The first-order valence-corrected chi connectivity index (χ1v) is 11.0. The third-order valence-electron chi connectivity index (χ3n) is 5.21. The topological polar surface area (TPSA) is 50.8 Å². The van der Waals surface area contributed by atoms with Gasteiger partial charge in [0.15, 0.2) is 0 Å². The Bertz CT molecular complexity index is 589. The zero-order chi connectivity index (χ0) is 20.4. The smallest absolute Gasteiger partial charge is 0.246 e. The summed E-state index contributed by atoms with van der Waals surface area (Å²) in [6.45, 7) is 4.17. The molecule has 0 bridgehead atoms. The SMILES string of the molecule is CCc1ccccc1N(CONC1CCCC1)C(=O)C(Cl)CC.COC1CC1. The fourth-order valence-electron chi connectivity index (χ4n) is 3.24. The zero-order valence-corrected chi connectivity index (χ0v) is 18.2. The monoisotopic (exact) mass is 410 g/mol. The van der Waals surface area contributed by atoms with E-state index in [0.717, 1.165) is 30.5 Å². The van der Waals surface area contributed by atoms with Crippen LogP contribution in [0.25, 0.3) is 0 Å². The van der Waals surface area contributed by atoms with Crippen LogP contribution in [0.4, 0.5) is 5.69 Å². The number of carbonyl (C=O) groups excluding carboxylic acids is 1. The molecule has 158 valence electrons. The average molecular weight is 411 g/mol. The van der Waals surface area contributed by atoms with E-state index >= 15 is 0 Å². The highest BCUT2D eigenvalue weighted by atomic mass is 35.5. The maximum absolute atomic E-state index is 12.7. The average Bonchev–Trinajstić information content (AvgIpc) is 3.45. The number of para-hydroxylation sites is 1. The van der Waals surface area contributed by atoms with Crippen molar-refractivity contribution in [3.63, 3.8) is 0 Å². The van der Waals surface area contributed by atoms with Crippen LogP contribution in [-0.2, 0) is 20.8 Å². The number of anilines is 1. The molecule has 2 aliphatic rings. The van der Waals surface area contributed by atoms with Gasteiger partial charge in [0.25, 0.3) is 0 Å². The highest BCUT2D eigenvalue weighted by Gasteiger charge is 2.25. The van der Waals surface area contributed by atoms with Crippen molar-refractivity contribution in [1.82, 2.24) is 5.48 Å². The summed E-state index contributed by atoms with van der Waals surface area (Å²) in [6, 6.07) is 8.31. The first-order valence-electron chi connectivity index (χ1n) is 10.5. The quantitative estimate of drug-likeness (QED) is 0.360. The molecule has 1 unspecified atom stereocenters. The molecule has 0 aromatic heterocycles. The van der Waals surface area contributed by atoms with E-state index in [0.29, 0.717) is 18.6 Å². The number of hydrogen-bond acceptors (Lipinski definition) is 4. The van der Waals surface area contributed by atoms with Gasteiger partial charge in [-0.2, -0.15) is 5.48 Å². The van der Waals surface area contributed by atoms with Gasteiger partial charge in [0.05, 0.1) is 6.10 Å². The van der Waals surface area contributed by atoms with E-state index < -0.39 is 5.38 Å². The molecule has 5 nitrogen and oxygen atoms in total. The minimum atomic E-state index is -0.532. The minimum absolute atomic E-state index is 0.108. The third-order valence-corrected chi connectivity index (χ3v) is 5.71. The van der Waals surface area contributed by atoms with E-state index in [9.17, 15) is 4.79 Å². The Morgan fingerprint density at radius 3 is 2.43 bits per heavy atom. The van der Waals surface area contributed by atoms with E-state index in [4.69, 9.17) is 21.2 Å². The van der Waals surface area contributed by atoms with Crippen LogP contribution in [0.5, 0.6) is 0 Å². The fraction of sp³-hybridized carbons (Fsp3) is 0.682. The van der Waals surface area contributed by atoms with Crippen molar-refractivity contribution < 1.29 is 14.4 Å². The molecular formula is C22H35ClN2O3. The maximum atomic E-state index is 12.7. The number of aryl methyl sites for hydroxylation is 1.